The highest BCUT2D eigenvalue weighted by Crippen LogP contribution is 2.20. The predicted octanol–water partition coefficient (Wildman–Crippen LogP) is 2.34. The van der Waals surface area contributed by atoms with Crippen molar-refractivity contribution in [2.24, 2.45) is 0 Å². The van der Waals surface area contributed by atoms with Gasteiger partial charge in [0.1, 0.15) is 11.5 Å². The van der Waals surface area contributed by atoms with Crippen LogP contribution in [0.25, 0.3) is 0 Å². The number of carbonyl (C=O) groups excluding carboxylic acids is 2. The Kier molecular flexibility index (Phi) is 3.71. The zero-order valence-corrected chi connectivity index (χ0v) is 11.7. The fourth-order valence-corrected chi connectivity index (χ4v) is 2.39. The van der Waals surface area contributed by atoms with E-state index < -0.39 is 0 Å². The van der Waals surface area contributed by atoms with E-state index >= 15 is 0 Å². The van der Waals surface area contributed by atoms with E-state index in [1.54, 1.807) is 31.4 Å². The second kappa shape index (κ2) is 5.27. The lowest BCUT2D eigenvalue weighted by atomic mass is 10.1. The van der Waals surface area contributed by atoms with Gasteiger partial charge in [0.25, 0.3) is 11.8 Å². The minimum absolute atomic E-state index is 0.334. The Morgan fingerprint density at radius 2 is 1.79 bits per heavy atom. The summed E-state index contributed by atoms with van der Waals surface area (Å²) in [6, 6.07) is 3.46. The van der Waals surface area contributed by atoms with E-state index in [4.69, 9.17) is 4.42 Å². The number of furan rings is 1. The third-order valence-electron chi connectivity index (χ3n) is 2.82. The number of hydrogen-bond donors (Lipinski definition) is 2. The maximum Gasteiger partial charge on any atom is 0.279 e. The Bertz CT molecular complexity index is 614. The number of thiophene rings is 1. The molecule has 0 unspecified atom stereocenters. The molecule has 0 radical (unpaired) electrons. The number of rotatable bonds is 2. The van der Waals surface area contributed by atoms with Crippen LogP contribution in [0, 0.1) is 20.8 Å². The molecule has 100 valence electrons. The smallest absolute Gasteiger partial charge is 0.279 e. The topological polar surface area (TPSA) is 71.3 Å². The van der Waals surface area contributed by atoms with Gasteiger partial charge in [0, 0.05) is 5.56 Å². The van der Waals surface area contributed by atoms with Crippen molar-refractivity contribution in [2.75, 3.05) is 0 Å². The Labute approximate surface area is 114 Å². The van der Waals surface area contributed by atoms with Crippen LogP contribution in [0.3, 0.4) is 0 Å². The Morgan fingerprint density at radius 3 is 2.32 bits per heavy atom. The molecule has 0 aliphatic rings. The standard InChI is InChI=1S/C13H14N2O3S/c1-7-8(2)18-9(3)11(7)13(17)15-14-12(16)10-5-4-6-19-10/h4-6H,1-3H3,(H,14,16)(H,15,17). The van der Waals surface area contributed by atoms with Gasteiger partial charge in [-0.2, -0.15) is 0 Å². The van der Waals surface area contributed by atoms with Gasteiger partial charge in [0.15, 0.2) is 0 Å². The summed E-state index contributed by atoms with van der Waals surface area (Å²) in [7, 11) is 0. The minimum atomic E-state index is -0.378. The molecule has 0 spiro atoms. The van der Waals surface area contributed by atoms with Gasteiger partial charge < -0.3 is 4.42 Å². The van der Waals surface area contributed by atoms with Crippen LogP contribution >= 0.6 is 11.3 Å². The normalized spacial score (nSPS) is 10.3. The predicted molar refractivity (Wildman–Crippen MR) is 72.2 cm³/mol. The number of hydrogen-bond acceptors (Lipinski definition) is 4. The summed E-state index contributed by atoms with van der Waals surface area (Å²) in [6.07, 6.45) is 0. The second-order valence-electron chi connectivity index (χ2n) is 4.10. The van der Waals surface area contributed by atoms with Crippen LogP contribution in [-0.4, -0.2) is 11.8 Å². The summed E-state index contributed by atoms with van der Waals surface area (Å²) in [5, 5.41) is 1.80. The van der Waals surface area contributed by atoms with Crippen LogP contribution < -0.4 is 10.9 Å². The summed E-state index contributed by atoms with van der Waals surface area (Å²) in [5.74, 6) is 0.528. The van der Waals surface area contributed by atoms with Crippen LogP contribution in [0.2, 0.25) is 0 Å². The molecule has 0 saturated heterocycles. The molecule has 0 atom stereocenters. The molecule has 0 aliphatic carbocycles. The molecule has 2 heterocycles. The van der Waals surface area contributed by atoms with Gasteiger partial charge in [-0.05, 0) is 32.2 Å². The lowest BCUT2D eigenvalue weighted by Gasteiger charge is -2.06. The summed E-state index contributed by atoms with van der Waals surface area (Å²) >= 11 is 1.31. The summed E-state index contributed by atoms with van der Waals surface area (Å²) in [6.45, 7) is 5.32. The molecule has 2 rings (SSSR count). The van der Waals surface area contributed by atoms with E-state index in [0.717, 1.165) is 5.56 Å². The van der Waals surface area contributed by atoms with Crippen molar-refractivity contribution in [3.8, 4) is 0 Å². The van der Waals surface area contributed by atoms with E-state index in [2.05, 4.69) is 10.9 Å². The van der Waals surface area contributed by atoms with Crippen molar-refractivity contribution < 1.29 is 14.0 Å². The van der Waals surface area contributed by atoms with E-state index in [1.807, 2.05) is 6.92 Å². The zero-order valence-electron chi connectivity index (χ0n) is 10.9. The molecule has 2 amide bonds. The van der Waals surface area contributed by atoms with E-state index in [9.17, 15) is 9.59 Å². The SMILES string of the molecule is Cc1oc(C)c(C(=O)NNC(=O)c2cccs2)c1C. The molecule has 0 aliphatic heterocycles. The molecule has 0 bridgehead atoms. The Balaban J connectivity index is 2.04. The lowest BCUT2D eigenvalue weighted by molar-refractivity contribution is 0.0847. The summed E-state index contributed by atoms with van der Waals surface area (Å²) in [5.41, 5.74) is 6.01. The molecule has 0 fully saturated rings. The Morgan fingerprint density at radius 1 is 1.11 bits per heavy atom. The van der Waals surface area contributed by atoms with Crippen molar-refractivity contribution >= 4 is 23.2 Å². The van der Waals surface area contributed by atoms with Gasteiger partial charge >= 0.3 is 0 Å². The average Bonchev–Trinajstić information content (AvgIpc) is 2.96. The van der Waals surface area contributed by atoms with Gasteiger partial charge in [-0.25, -0.2) is 0 Å². The van der Waals surface area contributed by atoms with Crippen molar-refractivity contribution in [3.63, 3.8) is 0 Å². The minimum Gasteiger partial charge on any atom is -0.466 e. The zero-order chi connectivity index (χ0) is 14.0. The fourth-order valence-electron chi connectivity index (χ4n) is 1.77. The van der Waals surface area contributed by atoms with Gasteiger partial charge in [-0.15, -0.1) is 11.3 Å². The number of aryl methyl sites for hydroxylation is 2. The van der Waals surface area contributed by atoms with Crippen molar-refractivity contribution in [1.29, 1.82) is 0 Å². The second-order valence-corrected chi connectivity index (χ2v) is 5.05. The quantitative estimate of drug-likeness (QED) is 0.828. The lowest BCUT2D eigenvalue weighted by Crippen LogP contribution is -2.41. The number of hydrazine groups is 1. The first kappa shape index (κ1) is 13.4. The highest BCUT2D eigenvalue weighted by atomic mass is 32.1. The van der Waals surface area contributed by atoms with Crippen LogP contribution in [0.1, 0.15) is 37.1 Å². The van der Waals surface area contributed by atoms with Gasteiger partial charge in [0.2, 0.25) is 0 Å². The van der Waals surface area contributed by atoms with Crippen LogP contribution in [0.5, 0.6) is 0 Å². The number of amides is 2. The maximum absolute atomic E-state index is 12.0. The molecular weight excluding hydrogens is 264 g/mol. The highest BCUT2D eigenvalue weighted by molar-refractivity contribution is 7.12. The maximum atomic E-state index is 12.0. The highest BCUT2D eigenvalue weighted by Gasteiger charge is 2.19. The monoisotopic (exact) mass is 278 g/mol. The molecule has 2 aromatic rings. The largest absolute Gasteiger partial charge is 0.466 e. The van der Waals surface area contributed by atoms with E-state index in [1.165, 1.54) is 11.3 Å². The van der Waals surface area contributed by atoms with Crippen LogP contribution in [-0.2, 0) is 0 Å². The summed E-state index contributed by atoms with van der Waals surface area (Å²) < 4.78 is 5.37. The van der Waals surface area contributed by atoms with Crippen molar-refractivity contribution in [2.45, 2.75) is 20.8 Å². The Hall–Kier alpha value is -2.08. The molecule has 6 heteroatoms. The molecule has 5 nitrogen and oxygen atoms in total. The third kappa shape index (κ3) is 2.68. The number of nitrogens with one attached hydrogen (secondary N) is 2. The third-order valence-corrected chi connectivity index (χ3v) is 3.69. The van der Waals surface area contributed by atoms with Crippen molar-refractivity contribution in [3.05, 3.63) is 45.0 Å². The molecule has 2 N–H and O–H groups in total. The molecule has 19 heavy (non-hydrogen) atoms. The number of carbonyl (C=O) groups is 2. The molecule has 2 aromatic heterocycles. The van der Waals surface area contributed by atoms with Crippen LogP contribution in [0.15, 0.2) is 21.9 Å². The summed E-state index contributed by atoms with van der Waals surface area (Å²) in [4.78, 5) is 24.2. The van der Waals surface area contributed by atoms with E-state index in [0.29, 0.717) is 22.0 Å². The average molecular weight is 278 g/mol. The van der Waals surface area contributed by atoms with E-state index in [-0.39, 0.29) is 11.8 Å². The molecule has 0 saturated carbocycles. The first-order valence-corrected chi connectivity index (χ1v) is 6.59. The first-order valence-electron chi connectivity index (χ1n) is 5.71. The van der Waals surface area contributed by atoms with Gasteiger partial charge in [-0.1, -0.05) is 6.07 Å². The van der Waals surface area contributed by atoms with Crippen LogP contribution in [0.4, 0.5) is 0 Å². The van der Waals surface area contributed by atoms with Gasteiger partial charge in [-0.3, -0.25) is 20.4 Å². The van der Waals surface area contributed by atoms with Gasteiger partial charge in [0.05, 0.1) is 10.4 Å². The first-order chi connectivity index (χ1) is 9.00. The molecular formula is C13H14N2O3S. The van der Waals surface area contributed by atoms with Crippen molar-refractivity contribution in [1.82, 2.24) is 10.9 Å². The molecule has 0 aromatic carbocycles. The fraction of sp³-hybridized carbons (Fsp3) is 0.231.